The second-order valence-corrected chi connectivity index (χ2v) is 21.5. The van der Waals surface area contributed by atoms with Crippen molar-refractivity contribution in [3.63, 3.8) is 0 Å². The monoisotopic (exact) mass is 438 g/mol. The van der Waals surface area contributed by atoms with Crippen LogP contribution in [0.15, 0.2) is 21.3 Å². The number of hydrogen-bond donors (Lipinski definition) is 0. The molecule has 2 rings (SSSR count). The van der Waals surface area contributed by atoms with Gasteiger partial charge in [-0.1, -0.05) is 0 Å². The van der Waals surface area contributed by atoms with Crippen LogP contribution in [-0.2, 0) is 0 Å². The van der Waals surface area contributed by atoms with E-state index in [1.165, 1.54) is 89.9 Å². The molecule has 0 heterocycles. The molecule has 0 aromatic rings. The van der Waals surface area contributed by atoms with E-state index in [4.69, 9.17) is 0 Å². The first-order valence-electron chi connectivity index (χ1n) is 11.2. The second kappa shape index (κ2) is 11.8. The topological polar surface area (TPSA) is 0 Å². The third kappa shape index (κ3) is 6.54. The van der Waals surface area contributed by atoms with Crippen LogP contribution >= 0.6 is 0 Å². The molecule has 2 aliphatic rings. The van der Waals surface area contributed by atoms with Crippen molar-refractivity contribution in [2.45, 2.75) is 117 Å². The zero-order valence-corrected chi connectivity index (χ0v) is 19.5. The molecule has 0 nitrogen and oxygen atoms in total. The van der Waals surface area contributed by atoms with Gasteiger partial charge in [-0.05, 0) is 0 Å². The van der Waals surface area contributed by atoms with Crippen molar-refractivity contribution in [3.05, 3.63) is 21.3 Å². The first-order valence-corrected chi connectivity index (χ1v) is 18.7. The Balaban J connectivity index is 2.23. The average Bonchev–Trinajstić information content (AvgIpc) is 3.02. The van der Waals surface area contributed by atoms with Gasteiger partial charge in [-0.3, -0.25) is 0 Å². The van der Waals surface area contributed by atoms with Gasteiger partial charge in [0.1, 0.15) is 0 Å². The minimum absolute atomic E-state index is 1.37. The molecule has 2 aliphatic carbocycles. The Morgan fingerprint density at radius 1 is 0.750 bits per heavy atom. The number of allylic oxidation sites excluding steroid dienone is 4. The summed E-state index contributed by atoms with van der Waals surface area (Å²) in [4.78, 5) is 0. The van der Waals surface area contributed by atoms with Gasteiger partial charge < -0.3 is 0 Å². The third-order valence-electron chi connectivity index (χ3n) is 6.44. The Kier molecular flexibility index (Phi) is 10.1. The molecule has 0 atom stereocenters. The average molecular weight is 437 g/mol. The second-order valence-electron chi connectivity index (χ2n) is 8.45. The van der Waals surface area contributed by atoms with Crippen molar-refractivity contribution in [3.8, 4) is 0 Å². The van der Waals surface area contributed by atoms with Crippen LogP contribution in [0.4, 0.5) is 0 Å². The molecule has 0 amide bonds. The fourth-order valence-corrected chi connectivity index (χ4v) is 22.1. The van der Waals surface area contributed by atoms with Gasteiger partial charge in [-0.15, -0.1) is 0 Å². The fraction of sp³-hybridized carbons (Fsp3) is 0.826. The summed E-state index contributed by atoms with van der Waals surface area (Å²) in [6.45, 7) is 4.81. The Morgan fingerprint density at radius 3 is 2.04 bits per heavy atom. The summed E-state index contributed by atoms with van der Waals surface area (Å²) in [5, 5.41) is 0. The van der Waals surface area contributed by atoms with E-state index >= 15 is 0 Å². The van der Waals surface area contributed by atoms with E-state index in [0.717, 1.165) is 0 Å². The molecule has 0 fully saturated rings. The molecule has 0 N–H and O–H groups in total. The molecule has 1 heteroatoms. The van der Waals surface area contributed by atoms with Gasteiger partial charge in [-0.2, -0.15) is 0 Å². The summed E-state index contributed by atoms with van der Waals surface area (Å²) in [6.07, 6.45) is 25.8. The summed E-state index contributed by atoms with van der Waals surface area (Å²) >= 11 is -2.20. The normalized spacial score (nSPS) is 20.1. The number of unbranched alkanes of at least 4 members (excludes halogenated alkanes) is 2. The van der Waals surface area contributed by atoms with E-state index in [1.54, 1.807) is 13.3 Å². The standard InChI is InChI=1S/C8H13.C7H11.2C4H9.Sn/c1-8-6-4-2-3-5-7-8;1-2-4-6-7-5-3-1;2*1-3-4-2;/h6H,1-5,7H2;1H,2,4-7H2;2*1,3-4H2,2H3;. The van der Waals surface area contributed by atoms with Crippen LogP contribution in [0.3, 0.4) is 0 Å². The summed E-state index contributed by atoms with van der Waals surface area (Å²) in [6, 6.07) is 0. The molecule has 138 valence electrons. The molecule has 0 aromatic carbocycles. The van der Waals surface area contributed by atoms with Crippen molar-refractivity contribution < 1.29 is 0 Å². The van der Waals surface area contributed by atoms with E-state index < -0.39 is 18.4 Å². The maximum atomic E-state index is 2.78. The summed E-state index contributed by atoms with van der Waals surface area (Å²) in [5.74, 6) is 0. The molecule has 0 aromatic heterocycles. The number of rotatable bonds is 9. The summed E-state index contributed by atoms with van der Waals surface area (Å²) < 4.78 is 6.97. The van der Waals surface area contributed by atoms with Gasteiger partial charge in [0.2, 0.25) is 0 Å². The molecule has 0 unspecified atom stereocenters. The van der Waals surface area contributed by atoms with Gasteiger partial charge in [0, 0.05) is 0 Å². The first-order chi connectivity index (χ1) is 11.8. The predicted octanol–water partition coefficient (Wildman–Crippen LogP) is 8.36. The van der Waals surface area contributed by atoms with Gasteiger partial charge in [0.25, 0.3) is 0 Å². The van der Waals surface area contributed by atoms with Crippen molar-refractivity contribution >= 4 is 18.4 Å². The van der Waals surface area contributed by atoms with E-state index in [0.29, 0.717) is 0 Å². The summed E-state index contributed by atoms with van der Waals surface area (Å²) in [7, 11) is 0. The molecular weight excluding hydrogens is 395 g/mol. The van der Waals surface area contributed by atoms with Crippen molar-refractivity contribution in [1.29, 1.82) is 0 Å². The third-order valence-corrected chi connectivity index (χ3v) is 22.3. The van der Waals surface area contributed by atoms with Crippen LogP contribution in [0.25, 0.3) is 0 Å². The quantitative estimate of drug-likeness (QED) is 0.251. The zero-order chi connectivity index (χ0) is 17.1. The molecule has 0 saturated heterocycles. The SMILES string of the molecule is CCC[CH2][Sn]([CH2]CCC)([CH2]C1=CCCCCC1)[C]1=CCCCCC1. The van der Waals surface area contributed by atoms with Crippen molar-refractivity contribution in [2.75, 3.05) is 0 Å². The van der Waals surface area contributed by atoms with E-state index in [1.807, 2.05) is 5.57 Å². The number of hydrogen-bond acceptors (Lipinski definition) is 0. The van der Waals surface area contributed by atoms with Crippen LogP contribution in [0.1, 0.15) is 104 Å². The molecular formula is C23H42Sn. The molecule has 0 radical (unpaired) electrons. The minimum atomic E-state index is -2.20. The van der Waals surface area contributed by atoms with E-state index in [9.17, 15) is 0 Å². The predicted molar refractivity (Wildman–Crippen MR) is 112 cm³/mol. The molecule has 0 aliphatic heterocycles. The van der Waals surface area contributed by atoms with Crippen LogP contribution in [0.2, 0.25) is 13.3 Å². The van der Waals surface area contributed by atoms with Crippen LogP contribution in [0.5, 0.6) is 0 Å². The first kappa shape index (κ1) is 20.6. The summed E-state index contributed by atoms with van der Waals surface area (Å²) in [5.41, 5.74) is 1.90. The molecule has 0 bridgehead atoms. The molecule has 24 heavy (non-hydrogen) atoms. The van der Waals surface area contributed by atoms with Crippen LogP contribution < -0.4 is 0 Å². The Labute approximate surface area is 156 Å². The van der Waals surface area contributed by atoms with Gasteiger partial charge in [0.15, 0.2) is 0 Å². The zero-order valence-electron chi connectivity index (χ0n) is 16.7. The van der Waals surface area contributed by atoms with Gasteiger partial charge in [-0.25, -0.2) is 0 Å². The van der Waals surface area contributed by atoms with Crippen molar-refractivity contribution in [2.24, 2.45) is 0 Å². The molecule has 0 spiro atoms. The van der Waals surface area contributed by atoms with Crippen molar-refractivity contribution in [1.82, 2.24) is 0 Å². The Hall–Kier alpha value is 0.279. The fourth-order valence-electron chi connectivity index (χ4n) is 4.94. The van der Waals surface area contributed by atoms with Gasteiger partial charge >= 0.3 is 157 Å². The van der Waals surface area contributed by atoms with E-state index in [-0.39, 0.29) is 0 Å². The Bertz CT molecular complexity index is 396. The van der Waals surface area contributed by atoms with Crippen LogP contribution in [-0.4, -0.2) is 18.4 Å². The maximum absolute atomic E-state index is 2.78. The van der Waals surface area contributed by atoms with Gasteiger partial charge in [0.05, 0.1) is 0 Å². The van der Waals surface area contributed by atoms with Crippen LogP contribution in [0, 0.1) is 0 Å². The molecule has 0 saturated carbocycles. The van der Waals surface area contributed by atoms with E-state index in [2.05, 4.69) is 29.6 Å². The Morgan fingerprint density at radius 2 is 1.38 bits per heavy atom.